The van der Waals surface area contributed by atoms with Gasteiger partial charge in [-0.2, -0.15) is 0 Å². The number of thiazole rings is 1. The topological polar surface area (TPSA) is 45.2 Å². The van der Waals surface area contributed by atoms with E-state index in [-0.39, 0.29) is 5.91 Å². The van der Waals surface area contributed by atoms with Crippen molar-refractivity contribution in [2.24, 2.45) is 5.92 Å². The van der Waals surface area contributed by atoms with Crippen LogP contribution < -0.4 is 10.2 Å². The molecule has 1 N–H and O–H groups in total. The Balaban J connectivity index is 1.82. The minimum atomic E-state index is 0.00359. The Hall–Kier alpha value is -1.36. The molecule has 0 saturated carbocycles. The van der Waals surface area contributed by atoms with Crippen LogP contribution in [0.15, 0.2) is 23.7 Å². The van der Waals surface area contributed by atoms with Crippen molar-refractivity contribution >= 4 is 22.4 Å². The predicted molar refractivity (Wildman–Crippen MR) is 74.9 cm³/mol. The van der Waals surface area contributed by atoms with Gasteiger partial charge in [0, 0.05) is 31.2 Å². The van der Waals surface area contributed by atoms with E-state index >= 15 is 0 Å². The van der Waals surface area contributed by atoms with Crippen LogP contribution in [0.3, 0.4) is 0 Å². The summed E-state index contributed by atoms with van der Waals surface area (Å²) >= 11 is 1.68. The summed E-state index contributed by atoms with van der Waals surface area (Å²) < 4.78 is 0. The molecule has 18 heavy (non-hydrogen) atoms. The largest absolute Gasteiger partial charge is 0.352 e. The molecule has 4 nitrogen and oxygen atoms in total. The number of aromatic nitrogens is 1. The van der Waals surface area contributed by atoms with Gasteiger partial charge in [0.1, 0.15) is 0 Å². The lowest BCUT2D eigenvalue weighted by atomic mass is 9.98. The zero-order valence-corrected chi connectivity index (χ0v) is 11.4. The van der Waals surface area contributed by atoms with Crippen molar-refractivity contribution < 1.29 is 4.79 Å². The Kier molecular flexibility index (Phi) is 4.75. The maximum absolute atomic E-state index is 11.4. The number of allylic oxidation sites excluding steroid dienone is 1. The van der Waals surface area contributed by atoms with Crippen LogP contribution in [-0.4, -0.2) is 30.5 Å². The molecule has 1 aromatic rings. The second-order valence-electron chi connectivity index (χ2n) is 4.51. The van der Waals surface area contributed by atoms with Crippen LogP contribution in [0, 0.1) is 5.92 Å². The minimum absolute atomic E-state index is 0.00359. The van der Waals surface area contributed by atoms with E-state index in [1.807, 2.05) is 18.5 Å². The standard InChI is InChI=1S/C13H19N3OS/c1-2-4-12(17)15-9-11-5-3-7-16(10-11)13-14-6-8-18-13/h2,4,6,8,11H,3,5,7,9-10H2,1H3,(H,15,17)/b4-2+. The number of rotatable bonds is 4. The maximum Gasteiger partial charge on any atom is 0.243 e. The van der Waals surface area contributed by atoms with Gasteiger partial charge >= 0.3 is 0 Å². The third-order valence-electron chi connectivity index (χ3n) is 3.09. The molecule has 0 radical (unpaired) electrons. The van der Waals surface area contributed by atoms with Gasteiger partial charge in [-0.05, 0) is 31.8 Å². The van der Waals surface area contributed by atoms with Gasteiger partial charge in [-0.3, -0.25) is 4.79 Å². The van der Waals surface area contributed by atoms with Gasteiger partial charge in [0.05, 0.1) is 0 Å². The first-order valence-corrected chi connectivity index (χ1v) is 7.22. The first kappa shape index (κ1) is 13.1. The molecule has 98 valence electrons. The molecule has 1 atom stereocenters. The summed E-state index contributed by atoms with van der Waals surface area (Å²) in [6.45, 7) is 4.67. The van der Waals surface area contributed by atoms with E-state index in [1.54, 1.807) is 23.5 Å². The summed E-state index contributed by atoms with van der Waals surface area (Å²) in [6.07, 6.45) is 7.53. The van der Waals surface area contributed by atoms with Crippen LogP contribution in [0.4, 0.5) is 5.13 Å². The van der Waals surface area contributed by atoms with Gasteiger partial charge in [-0.25, -0.2) is 4.98 Å². The Morgan fingerprint density at radius 2 is 2.61 bits per heavy atom. The fourth-order valence-electron chi connectivity index (χ4n) is 2.23. The van der Waals surface area contributed by atoms with Gasteiger partial charge < -0.3 is 10.2 Å². The molecule has 1 saturated heterocycles. The van der Waals surface area contributed by atoms with Crippen molar-refractivity contribution in [1.82, 2.24) is 10.3 Å². The fraction of sp³-hybridized carbons (Fsp3) is 0.538. The number of anilines is 1. The zero-order chi connectivity index (χ0) is 12.8. The van der Waals surface area contributed by atoms with Crippen LogP contribution in [0.2, 0.25) is 0 Å². The lowest BCUT2D eigenvalue weighted by Gasteiger charge is -2.32. The average molecular weight is 265 g/mol. The molecule has 0 aliphatic carbocycles. The Labute approximate surface area is 112 Å². The molecule has 1 aliphatic rings. The van der Waals surface area contributed by atoms with E-state index < -0.39 is 0 Å². The number of nitrogens with one attached hydrogen (secondary N) is 1. The monoisotopic (exact) mass is 265 g/mol. The van der Waals surface area contributed by atoms with Crippen LogP contribution in [-0.2, 0) is 4.79 Å². The molecule has 1 aromatic heterocycles. The highest BCUT2D eigenvalue weighted by molar-refractivity contribution is 7.13. The maximum atomic E-state index is 11.4. The highest BCUT2D eigenvalue weighted by atomic mass is 32.1. The van der Waals surface area contributed by atoms with Gasteiger partial charge in [0.15, 0.2) is 5.13 Å². The smallest absolute Gasteiger partial charge is 0.243 e. The molecule has 0 aromatic carbocycles. The fourth-order valence-corrected chi connectivity index (χ4v) is 2.91. The lowest BCUT2D eigenvalue weighted by Crippen LogP contribution is -2.40. The van der Waals surface area contributed by atoms with Gasteiger partial charge in [0.25, 0.3) is 0 Å². The van der Waals surface area contributed by atoms with Crippen LogP contribution in [0.5, 0.6) is 0 Å². The predicted octanol–water partition coefficient (Wildman–Crippen LogP) is 2.05. The van der Waals surface area contributed by atoms with Crippen molar-refractivity contribution in [3.63, 3.8) is 0 Å². The summed E-state index contributed by atoms with van der Waals surface area (Å²) in [6, 6.07) is 0. The number of carbonyl (C=O) groups excluding carboxylic acids is 1. The Bertz CT molecular complexity index is 402. The SMILES string of the molecule is C/C=C/C(=O)NCC1CCCN(c2nccs2)C1. The Morgan fingerprint density at radius 3 is 3.33 bits per heavy atom. The first-order valence-electron chi connectivity index (χ1n) is 6.34. The zero-order valence-electron chi connectivity index (χ0n) is 10.6. The number of amides is 1. The Morgan fingerprint density at radius 1 is 1.72 bits per heavy atom. The van der Waals surface area contributed by atoms with E-state index in [2.05, 4.69) is 15.2 Å². The summed E-state index contributed by atoms with van der Waals surface area (Å²) in [5.41, 5.74) is 0. The van der Waals surface area contributed by atoms with Crippen LogP contribution >= 0.6 is 11.3 Å². The summed E-state index contributed by atoms with van der Waals surface area (Å²) in [4.78, 5) is 18.0. The highest BCUT2D eigenvalue weighted by Crippen LogP contribution is 2.24. The van der Waals surface area contributed by atoms with Gasteiger partial charge in [-0.15, -0.1) is 11.3 Å². The lowest BCUT2D eigenvalue weighted by molar-refractivity contribution is -0.116. The first-order chi connectivity index (χ1) is 8.79. The van der Waals surface area contributed by atoms with Gasteiger partial charge in [0.2, 0.25) is 5.91 Å². The third-order valence-corrected chi connectivity index (χ3v) is 3.92. The second-order valence-corrected chi connectivity index (χ2v) is 5.39. The number of hydrogen-bond donors (Lipinski definition) is 1. The van der Waals surface area contributed by atoms with E-state index in [0.717, 1.165) is 24.8 Å². The number of hydrogen-bond acceptors (Lipinski definition) is 4. The number of nitrogens with zero attached hydrogens (tertiary/aromatic N) is 2. The van der Waals surface area contributed by atoms with Gasteiger partial charge in [-0.1, -0.05) is 6.08 Å². The highest BCUT2D eigenvalue weighted by Gasteiger charge is 2.21. The number of piperidine rings is 1. The summed E-state index contributed by atoms with van der Waals surface area (Å²) in [5, 5.41) is 6.05. The third kappa shape index (κ3) is 3.57. The summed E-state index contributed by atoms with van der Waals surface area (Å²) in [7, 11) is 0. The molecule has 2 heterocycles. The molecule has 1 fully saturated rings. The van der Waals surface area contributed by atoms with Crippen molar-refractivity contribution in [2.45, 2.75) is 19.8 Å². The molecule has 0 spiro atoms. The molecule has 1 aliphatic heterocycles. The van der Waals surface area contributed by atoms with E-state index in [0.29, 0.717) is 5.92 Å². The molecule has 1 amide bonds. The summed E-state index contributed by atoms with van der Waals surface area (Å²) in [5.74, 6) is 0.528. The molecule has 2 rings (SSSR count). The minimum Gasteiger partial charge on any atom is -0.352 e. The van der Waals surface area contributed by atoms with Crippen LogP contribution in [0.1, 0.15) is 19.8 Å². The van der Waals surface area contributed by atoms with Crippen LogP contribution in [0.25, 0.3) is 0 Å². The quantitative estimate of drug-likeness (QED) is 0.848. The molecule has 5 heteroatoms. The van der Waals surface area contributed by atoms with Crippen molar-refractivity contribution in [3.8, 4) is 0 Å². The average Bonchev–Trinajstić information content (AvgIpc) is 2.91. The van der Waals surface area contributed by atoms with E-state index in [1.165, 1.54) is 12.8 Å². The van der Waals surface area contributed by atoms with E-state index in [9.17, 15) is 4.79 Å². The van der Waals surface area contributed by atoms with Crippen molar-refractivity contribution in [3.05, 3.63) is 23.7 Å². The molecule has 1 unspecified atom stereocenters. The van der Waals surface area contributed by atoms with Crippen molar-refractivity contribution in [2.75, 3.05) is 24.5 Å². The normalized spacial score (nSPS) is 20.3. The molecular formula is C13H19N3OS. The molecule has 0 bridgehead atoms. The number of carbonyl (C=O) groups is 1. The van der Waals surface area contributed by atoms with Crippen molar-refractivity contribution in [1.29, 1.82) is 0 Å². The van der Waals surface area contributed by atoms with E-state index in [4.69, 9.17) is 0 Å². The molecular weight excluding hydrogens is 246 g/mol. The second kappa shape index (κ2) is 6.54.